The SMILES string of the molecule is ClCc1nc2cc(Cl)ccc2n1Cc1ccccc1Cl. The second-order valence-electron chi connectivity index (χ2n) is 4.47. The van der Waals surface area contributed by atoms with Crippen molar-refractivity contribution in [2.24, 2.45) is 0 Å². The van der Waals surface area contributed by atoms with Crippen LogP contribution < -0.4 is 0 Å². The zero-order chi connectivity index (χ0) is 14.1. The van der Waals surface area contributed by atoms with Gasteiger partial charge in [-0.2, -0.15) is 0 Å². The third-order valence-electron chi connectivity index (χ3n) is 3.20. The molecule has 0 unspecified atom stereocenters. The monoisotopic (exact) mass is 324 g/mol. The molecule has 0 aliphatic rings. The van der Waals surface area contributed by atoms with E-state index in [0.717, 1.165) is 27.4 Å². The zero-order valence-electron chi connectivity index (χ0n) is 10.5. The standard InChI is InChI=1S/C15H11Cl3N2/c16-8-15-19-13-7-11(17)5-6-14(13)20(15)9-10-3-1-2-4-12(10)18/h1-7H,8-9H2. The predicted molar refractivity (Wildman–Crippen MR) is 84.9 cm³/mol. The average Bonchev–Trinajstić information content (AvgIpc) is 2.78. The van der Waals surface area contributed by atoms with Gasteiger partial charge < -0.3 is 4.57 Å². The van der Waals surface area contributed by atoms with Gasteiger partial charge in [-0.25, -0.2) is 4.98 Å². The molecule has 0 aliphatic carbocycles. The van der Waals surface area contributed by atoms with E-state index in [-0.39, 0.29) is 0 Å². The van der Waals surface area contributed by atoms with Gasteiger partial charge in [-0.3, -0.25) is 0 Å². The van der Waals surface area contributed by atoms with E-state index in [9.17, 15) is 0 Å². The van der Waals surface area contributed by atoms with E-state index < -0.39 is 0 Å². The quantitative estimate of drug-likeness (QED) is 0.610. The number of imidazole rings is 1. The van der Waals surface area contributed by atoms with Crippen LogP contribution in [0.25, 0.3) is 11.0 Å². The summed E-state index contributed by atoms with van der Waals surface area (Å²) in [6.45, 7) is 0.639. The molecule has 0 fully saturated rings. The number of fused-ring (bicyclic) bond motifs is 1. The highest BCUT2D eigenvalue weighted by Crippen LogP contribution is 2.24. The van der Waals surface area contributed by atoms with Crippen LogP contribution in [0.15, 0.2) is 42.5 Å². The first-order valence-electron chi connectivity index (χ1n) is 6.13. The Labute approximate surface area is 131 Å². The molecule has 3 rings (SSSR count). The Balaban J connectivity index is 2.12. The normalized spacial score (nSPS) is 11.2. The van der Waals surface area contributed by atoms with Gasteiger partial charge in [0.15, 0.2) is 0 Å². The molecular formula is C15H11Cl3N2. The molecule has 0 atom stereocenters. The summed E-state index contributed by atoms with van der Waals surface area (Å²) < 4.78 is 2.07. The van der Waals surface area contributed by atoms with Crippen LogP contribution in [0.3, 0.4) is 0 Å². The molecule has 5 heteroatoms. The number of alkyl halides is 1. The Morgan fingerprint density at radius 3 is 2.60 bits per heavy atom. The molecule has 3 aromatic rings. The summed E-state index contributed by atoms with van der Waals surface area (Å²) in [6, 6.07) is 13.4. The summed E-state index contributed by atoms with van der Waals surface area (Å²) in [5.74, 6) is 1.15. The second kappa shape index (κ2) is 5.65. The fourth-order valence-electron chi connectivity index (χ4n) is 2.23. The van der Waals surface area contributed by atoms with Crippen molar-refractivity contribution >= 4 is 45.8 Å². The summed E-state index contributed by atoms with van der Waals surface area (Å²) in [6.07, 6.45) is 0. The Bertz CT molecular complexity index is 765. The van der Waals surface area contributed by atoms with Crippen molar-refractivity contribution in [3.05, 3.63) is 63.9 Å². The number of benzene rings is 2. The first-order valence-corrected chi connectivity index (χ1v) is 7.42. The van der Waals surface area contributed by atoms with Gasteiger partial charge in [0.1, 0.15) is 5.82 Å². The van der Waals surface area contributed by atoms with E-state index in [1.807, 2.05) is 42.5 Å². The zero-order valence-corrected chi connectivity index (χ0v) is 12.8. The van der Waals surface area contributed by atoms with Gasteiger partial charge in [0.05, 0.1) is 23.5 Å². The minimum Gasteiger partial charge on any atom is -0.322 e. The first kappa shape index (κ1) is 13.7. The third kappa shape index (κ3) is 2.51. The number of rotatable bonds is 3. The molecule has 0 bridgehead atoms. The Hall–Kier alpha value is -1.22. The van der Waals surface area contributed by atoms with Crippen molar-refractivity contribution in [1.82, 2.24) is 9.55 Å². The van der Waals surface area contributed by atoms with Gasteiger partial charge in [-0.1, -0.05) is 41.4 Å². The maximum Gasteiger partial charge on any atom is 0.125 e. The van der Waals surface area contributed by atoms with Gasteiger partial charge in [0.25, 0.3) is 0 Å². The van der Waals surface area contributed by atoms with Crippen molar-refractivity contribution in [3.63, 3.8) is 0 Å². The lowest BCUT2D eigenvalue weighted by Gasteiger charge is -2.09. The van der Waals surface area contributed by atoms with Crippen molar-refractivity contribution in [1.29, 1.82) is 0 Å². The fraction of sp³-hybridized carbons (Fsp3) is 0.133. The van der Waals surface area contributed by atoms with Crippen LogP contribution in [0, 0.1) is 0 Å². The lowest BCUT2D eigenvalue weighted by Crippen LogP contribution is -2.04. The van der Waals surface area contributed by atoms with Crippen LogP contribution >= 0.6 is 34.8 Å². The van der Waals surface area contributed by atoms with Gasteiger partial charge in [0, 0.05) is 10.0 Å². The molecule has 1 heterocycles. The number of halogens is 3. The summed E-state index contributed by atoms with van der Waals surface area (Å²) in [7, 11) is 0. The molecule has 0 spiro atoms. The van der Waals surface area contributed by atoms with Gasteiger partial charge >= 0.3 is 0 Å². The molecule has 0 amide bonds. The summed E-state index contributed by atoms with van der Waals surface area (Å²) in [5.41, 5.74) is 2.89. The van der Waals surface area contributed by atoms with Crippen LogP contribution in [-0.2, 0) is 12.4 Å². The largest absolute Gasteiger partial charge is 0.322 e. The van der Waals surface area contributed by atoms with E-state index in [1.54, 1.807) is 0 Å². The minimum absolute atomic E-state index is 0.344. The molecule has 0 N–H and O–H groups in total. The number of nitrogens with zero attached hydrogens (tertiary/aromatic N) is 2. The van der Waals surface area contributed by atoms with E-state index >= 15 is 0 Å². The molecule has 2 aromatic carbocycles. The number of hydrogen-bond acceptors (Lipinski definition) is 1. The van der Waals surface area contributed by atoms with Crippen LogP contribution in [0.5, 0.6) is 0 Å². The molecule has 20 heavy (non-hydrogen) atoms. The number of aromatic nitrogens is 2. The molecule has 0 saturated carbocycles. The fourth-order valence-corrected chi connectivity index (χ4v) is 2.79. The van der Waals surface area contributed by atoms with Crippen molar-refractivity contribution in [2.45, 2.75) is 12.4 Å². The molecular weight excluding hydrogens is 315 g/mol. The Morgan fingerprint density at radius 1 is 1.05 bits per heavy atom. The topological polar surface area (TPSA) is 17.8 Å². The van der Waals surface area contributed by atoms with Crippen LogP contribution in [-0.4, -0.2) is 9.55 Å². The summed E-state index contributed by atoms with van der Waals surface area (Å²) in [5, 5.41) is 1.41. The highest BCUT2D eigenvalue weighted by atomic mass is 35.5. The van der Waals surface area contributed by atoms with Crippen molar-refractivity contribution in [3.8, 4) is 0 Å². The summed E-state index contributed by atoms with van der Waals surface area (Å²) >= 11 is 18.2. The smallest absolute Gasteiger partial charge is 0.125 e. The van der Waals surface area contributed by atoms with Gasteiger partial charge in [-0.15, -0.1) is 11.6 Å². The highest BCUT2D eigenvalue weighted by molar-refractivity contribution is 6.31. The molecule has 1 aromatic heterocycles. The lowest BCUT2D eigenvalue weighted by atomic mass is 10.2. The molecule has 0 aliphatic heterocycles. The first-order chi connectivity index (χ1) is 9.69. The second-order valence-corrected chi connectivity index (χ2v) is 5.58. The van der Waals surface area contributed by atoms with Gasteiger partial charge in [0.2, 0.25) is 0 Å². The Morgan fingerprint density at radius 2 is 1.85 bits per heavy atom. The van der Waals surface area contributed by atoms with Gasteiger partial charge in [-0.05, 0) is 29.8 Å². The lowest BCUT2D eigenvalue weighted by molar-refractivity contribution is 0.779. The van der Waals surface area contributed by atoms with Crippen molar-refractivity contribution in [2.75, 3.05) is 0 Å². The maximum absolute atomic E-state index is 6.23. The molecule has 0 saturated heterocycles. The van der Waals surface area contributed by atoms with Crippen LogP contribution in [0.1, 0.15) is 11.4 Å². The Kier molecular flexibility index (Phi) is 3.88. The molecule has 0 radical (unpaired) electrons. The third-order valence-corrected chi connectivity index (χ3v) is 4.04. The van der Waals surface area contributed by atoms with E-state index in [0.29, 0.717) is 17.4 Å². The van der Waals surface area contributed by atoms with E-state index in [1.165, 1.54) is 0 Å². The van der Waals surface area contributed by atoms with E-state index in [4.69, 9.17) is 34.8 Å². The predicted octanol–water partition coefficient (Wildman–Crippen LogP) is 5.13. The van der Waals surface area contributed by atoms with Crippen LogP contribution in [0.2, 0.25) is 10.0 Å². The highest BCUT2D eigenvalue weighted by Gasteiger charge is 2.11. The number of hydrogen-bond donors (Lipinski definition) is 0. The minimum atomic E-state index is 0.344. The average molecular weight is 326 g/mol. The maximum atomic E-state index is 6.23. The van der Waals surface area contributed by atoms with E-state index in [2.05, 4.69) is 9.55 Å². The molecule has 2 nitrogen and oxygen atoms in total. The van der Waals surface area contributed by atoms with Crippen LogP contribution in [0.4, 0.5) is 0 Å². The summed E-state index contributed by atoms with van der Waals surface area (Å²) in [4.78, 5) is 4.52. The molecule has 102 valence electrons. The van der Waals surface area contributed by atoms with Crippen molar-refractivity contribution < 1.29 is 0 Å².